The molecule has 1 aromatic carbocycles. The van der Waals surface area contributed by atoms with Crippen molar-refractivity contribution in [1.29, 1.82) is 0 Å². The fraction of sp³-hybridized carbons (Fsp3) is 0.438. The zero-order valence-corrected chi connectivity index (χ0v) is 12.0. The number of carbonyl (C=O) groups is 1. The molecule has 2 atom stereocenters. The topological polar surface area (TPSA) is 64.4 Å². The number of halogens is 1. The lowest BCUT2D eigenvalue weighted by atomic mass is 10.00. The number of nitrogens with two attached hydrogens (primary N) is 1. The molecule has 0 bridgehead atoms. The fourth-order valence-electron chi connectivity index (χ4n) is 2.28. The van der Waals surface area contributed by atoms with E-state index in [2.05, 4.69) is 17.2 Å². The Morgan fingerprint density at radius 3 is 3.05 bits per heavy atom. The average Bonchev–Trinajstić information content (AvgIpc) is 2.99. The molecule has 1 fully saturated rings. The number of hydrogen-bond acceptors (Lipinski definition) is 3. The lowest BCUT2D eigenvalue weighted by molar-refractivity contribution is 0.0918. The van der Waals surface area contributed by atoms with E-state index in [-0.39, 0.29) is 24.1 Å². The maximum Gasteiger partial charge on any atom is 0.254 e. The Morgan fingerprint density at radius 2 is 2.43 bits per heavy atom. The Bertz CT molecular complexity index is 571. The monoisotopic (exact) mass is 290 g/mol. The van der Waals surface area contributed by atoms with E-state index < -0.39 is 11.7 Å². The van der Waals surface area contributed by atoms with Crippen LogP contribution < -0.4 is 11.1 Å². The summed E-state index contributed by atoms with van der Waals surface area (Å²) in [5, 5.41) is 2.83. The second-order valence-electron chi connectivity index (χ2n) is 5.09. The maximum absolute atomic E-state index is 14.0. The van der Waals surface area contributed by atoms with Gasteiger partial charge in [-0.3, -0.25) is 4.79 Å². The Hall–Kier alpha value is -1.90. The summed E-state index contributed by atoms with van der Waals surface area (Å²) in [6, 6.07) is 4.27. The van der Waals surface area contributed by atoms with Gasteiger partial charge in [0.15, 0.2) is 0 Å². The zero-order chi connectivity index (χ0) is 15.2. The minimum absolute atomic E-state index is 0.0269. The minimum Gasteiger partial charge on any atom is -0.381 e. The molecule has 1 aliphatic rings. The third kappa shape index (κ3) is 4.03. The van der Waals surface area contributed by atoms with Gasteiger partial charge in [0.1, 0.15) is 5.82 Å². The highest BCUT2D eigenvalue weighted by Gasteiger charge is 2.24. The largest absolute Gasteiger partial charge is 0.381 e. The van der Waals surface area contributed by atoms with Crippen molar-refractivity contribution >= 4 is 5.91 Å². The molecular weight excluding hydrogens is 271 g/mol. The van der Waals surface area contributed by atoms with E-state index in [1.807, 2.05) is 6.92 Å². The number of carbonyl (C=O) groups excluding carboxylic acids is 1. The van der Waals surface area contributed by atoms with Gasteiger partial charge in [0.05, 0.1) is 18.7 Å². The molecule has 0 saturated carbocycles. The molecule has 3 N–H and O–H groups in total. The SMILES string of the molecule is CC(NC(=O)c1ccc(C#CCN)cc1F)C1CCOC1. The molecule has 1 amide bonds. The van der Waals surface area contributed by atoms with Crippen molar-refractivity contribution in [2.75, 3.05) is 19.8 Å². The summed E-state index contributed by atoms with van der Waals surface area (Å²) in [5.74, 6) is 4.67. The van der Waals surface area contributed by atoms with E-state index in [0.29, 0.717) is 18.8 Å². The predicted octanol–water partition coefficient (Wildman–Crippen LogP) is 1.29. The van der Waals surface area contributed by atoms with Gasteiger partial charge in [-0.25, -0.2) is 4.39 Å². The number of amides is 1. The van der Waals surface area contributed by atoms with E-state index in [4.69, 9.17) is 10.5 Å². The van der Waals surface area contributed by atoms with Crippen molar-refractivity contribution in [1.82, 2.24) is 5.32 Å². The van der Waals surface area contributed by atoms with Gasteiger partial charge >= 0.3 is 0 Å². The predicted molar refractivity (Wildman–Crippen MR) is 78.2 cm³/mol. The molecule has 112 valence electrons. The first-order valence-electron chi connectivity index (χ1n) is 6.99. The molecule has 2 rings (SSSR count). The van der Waals surface area contributed by atoms with E-state index in [9.17, 15) is 9.18 Å². The number of ether oxygens (including phenoxy) is 1. The molecule has 2 unspecified atom stereocenters. The lowest BCUT2D eigenvalue weighted by Gasteiger charge is -2.19. The van der Waals surface area contributed by atoms with Gasteiger partial charge in [0, 0.05) is 24.1 Å². The summed E-state index contributed by atoms with van der Waals surface area (Å²) in [6.07, 6.45) is 0.914. The van der Waals surface area contributed by atoms with Crippen molar-refractivity contribution < 1.29 is 13.9 Å². The van der Waals surface area contributed by atoms with Crippen molar-refractivity contribution in [2.45, 2.75) is 19.4 Å². The van der Waals surface area contributed by atoms with Crippen LogP contribution in [0.25, 0.3) is 0 Å². The molecule has 21 heavy (non-hydrogen) atoms. The van der Waals surface area contributed by atoms with Crippen LogP contribution in [0.4, 0.5) is 4.39 Å². The molecule has 0 spiro atoms. The standard InChI is InChI=1S/C16H19FN2O2/c1-11(13-6-8-21-10-13)19-16(20)14-5-4-12(3-2-7-18)9-15(14)17/h4-5,9,11,13H,6-8,10,18H2,1H3,(H,19,20). The first kappa shape index (κ1) is 15.5. The normalized spacial score (nSPS) is 18.7. The van der Waals surface area contributed by atoms with E-state index in [1.54, 1.807) is 6.07 Å². The van der Waals surface area contributed by atoms with Crippen LogP contribution >= 0.6 is 0 Å². The molecule has 1 heterocycles. The van der Waals surface area contributed by atoms with Gasteiger partial charge < -0.3 is 15.8 Å². The van der Waals surface area contributed by atoms with Gasteiger partial charge in [-0.2, -0.15) is 0 Å². The van der Waals surface area contributed by atoms with Crippen molar-refractivity contribution in [3.63, 3.8) is 0 Å². The van der Waals surface area contributed by atoms with E-state index >= 15 is 0 Å². The number of benzene rings is 1. The summed E-state index contributed by atoms with van der Waals surface area (Å²) in [5.41, 5.74) is 5.80. The molecular formula is C16H19FN2O2. The van der Waals surface area contributed by atoms with Gasteiger partial charge in [-0.15, -0.1) is 0 Å². The fourth-order valence-corrected chi connectivity index (χ4v) is 2.28. The van der Waals surface area contributed by atoms with Gasteiger partial charge in [-0.05, 0) is 31.5 Å². The van der Waals surface area contributed by atoms with Crippen LogP contribution in [0.5, 0.6) is 0 Å². The van der Waals surface area contributed by atoms with Crippen molar-refractivity contribution in [3.05, 3.63) is 35.1 Å². The highest BCUT2D eigenvalue weighted by Crippen LogP contribution is 2.17. The molecule has 0 aliphatic carbocycles. The highest BCUT2D eigenvalue weighted by molar-refractivity contribution is 5.94. The molecule has 5 heteroatoms. The third-order valence-corrected chi connectivity index (χ3v) is 3.58. The second-order valence-corrected chi connectivity index (χ2v) is 5.09. The van der Waals surface area contributed by atoms with Crippen molar-refractivity contribution in [3.8, 4) is 11.8 Å². The zero-order valence-electron chi connectivity index (χ0n) is 12.0. The molecule has 1 aromatic rings. The van der Waals surface area contributed by atoms with Crippen LogP contribution in [-0.4, -0.2) is 31.7 Å². The third-order valence-electron chi connectivity index (χ3n) is 3.58. The number of hydrogen-bond donors (Lipinski definition) is 2. The van der Waals surface area contributed by atoms with Crippen LogP contribution in [0.3, 0.4) is 0 Å². The van der Waals surface area contributed by atoms with Crippen LogP contribution in [-0.2, 0) is 4.74 Å². The molecule has 4 nitrogen and oxygen atoms in total. The summed E-state index contributed by atoms with van der Waals surface area (Å²) >= 11 is 0. The number of rotatable bonds is 3. The molecule has 1 saturated heterocycles. The van der Waals surface area contributed by atoms with Crippen LogP contribution in [0.15, 0.2) is 18.2 Å². The van der Waals surface area contributed by atoms with Crippen LogP contribution in [0, 0.1) is 23.6 Å². The average molecular weight is 290 g/mol. The summed E-state index contributed by atoms with van der Waals surface area (Å²) in [4.78, 5) is 12.1. The highest BCUT2D eigenvalue weighted by atomic mass is 19.1. The van der Waals surface area contributed by atoms with Gasteiger partial charge in [0.25, 0.3) is 5.91 Å². The Balaban J connectivity index is 2.05. The maximum atomic E-state index is 14.0. The van der Waals surface area contributed by atoms with Gasteiger partial charge in [0.2, 0.25) is 0 Å². The Labute approximate surface area is 123 Å². The van der Waals surface area contributed by atoms with E-state index in [0.717, 1.165) is 6.42 Å². The molecule has 1 aliphatic heterocycles. The molecule has 0 aromatic heterocycles. The van der Waals surface area contributed by atoms with Crippen LogP contribution in [0.1, 0.15) is 29.3 Å². The van der Waals surface area contributed by atoms with Crippen LogP contribution in [0.2, 0.25) is 0 Å². The minimum atomic E-state index is -0.578. The van der Waals surface area contributed by atoms with Gasteiger partial charge in [-0.1, -0.05) is 11.8 Å². The Morgan fingerprint density at radius 1 is 1.62 bits per heavy atom. The Kier molecular flexibility index (Phi) is 5.32. The smallest absolute Gasteiger partial charge is 0.254 e. The summed E-state index contributed by atoms with van der Waals surface area (Å²) in [7, 11) is 0. The lowest BCUT2D eigenvalue weighted by Crippen LogP contribution is -2.38. The quantitative estimate of drug-likeness (QED) is 0.825. The van der Waals surface area contributed by atoms with Crippen molar-refractivity contribution in [2.24, 2.45) is 11.7 Å². The summed E-state index contributed by atoms with van der Waals surface area (Å²) < 4.78 is 19.3. The number of nitrogens with one attached hydrogen (secondary N) is 1. The second kappa shape index (κ2) is 7.21. The van der Waals surface area contributed by atoms with E-state index in [1.165, 1.54) is 12.1 Å². The first-order chi connectivity index (χ1) is 10.1. The molecule has 0 radical (unpaired) electrons. The first-order valence-corrected chi connectivity index (χ1v) is 6.99. The summed E-state index contributed by atoms with van der Waals surface area (Å²) in [6.45, 7) is 3.48.